The molecule has 2 aromatic heterocycles. The van der Waals surface area contributed by atoms with Crippen LogP contribution < -0.4 is 0 Å². The molecule has 7 rings (SSSR count). The van der Waals surface area contributed by atoms with Crippen molar-refractivity contribution in [2.24, 2.45) is 17.8 Å². The highest BCUT2D eigenvalue weighted by atomic mass is 32.1. The molecule has 5 aliphatic rings. The zero-order chi connectivity index (χ0) is 21.1. The van der Waals surface area contributed by atoms with Crippen LogP contribution in [0, 0.1) is 17.8 Å². The Balaban J connectivity index is 1.22. The molecule has 32 heavy (non-hydrogen) atoms. The SMILES string of the molecule is C1=C(c2cc(C3OCCO3)c(-c3ccc(CC4CCC4)s3)s2)C2=CC2C(C2CCCC2)=C1. The number of rotatable bonds is 6. The Bertz CT molecular complexity index is 1110. The highest BCUT2D eigenvalue weighted by molar-refractivity contribution is 7.22. The van der Waals surface area contributed by atoms with Crippen LogP contribution in [0.5, 0.6) is 0 Å². The lowest BCUT2D eigenvalue weighted by Gasteiger charge is -2.24. The van der Waals surface area contributed by atoms with E-state index < -0.39 is 0 Å². The molecule has 1 saturated heterocycles. The molecule has 0 aromatic carbocycles. The predicted molar refractivity (Wildman–Crippen MR) is 133 cm³/mol. The van der Waals surface area contributed by atoms with Crippen molar-refractivity contribution in [2.75, 3.05) is 13.2 Å². The first-order chi connectivity index (χ1) is 15.8. The number of fused-ring (bicyclic) bond motifs is 1. The minimum Gasteiger partial charge on any atom is -0.346 e. The molecular weight excluding hydrogens is 432 g/mol. The van der Waals surface area contributed by atoms with Crippen molar-refractivity contribution in [1.82, 2.24) is 0 Å². The van der Waals surface area contributed by atoms with Gasteiger partial charge in [-0.3, -0.25) is 0 Å². The molecule has 4 heteroatoms. The van der Waals surface area contributed by atoms with Gasteiger partial charge in [0.2, 0.25) is 0 Å². The normalized spacial score (nSPS) is 26.0. The standard InChI is InChI=1S/C28H30O2S2/c1-2-7-18(6-1)20-9-10-21(23-15-22(20)23)26-16-24(28-29-12-13-30-28)27(32-26)25-11-8-19(31-25)14-17-4-3-5-17/h8-11,15-18,22,28H,1-7,12-14H2. The van der Waals surface area contributed by atoms with E-state index in [0.29, 0.717) is 19.1 Å². The van der Waals surface area contributed by atoms with Crippen LogP contribution >= 0.6 is 22.7 Å². The molecule has 2 aromatic rings. The minimum atomic E-state index is -0.218. The van der Waals surface area contributed by atoms with Gasteiger partial charge in [-0.1, -0.05) is 55.9 Å². The summed E-state index contributed by atoms with van der Waals surface area (Å²) in [6.45, 7) is 1.38. The summed E-state index contributed by atoms with van der Waals surface area (Å²) in [5.74, 6) is 2.34. The van der Waals surface area contributed by atoms with Gasteiger partial charge in [-0.05, 0) is 60.4 Å². The Morgan fingerprint density at radius 2 is 1.72 bits per heavy atom. The van der Waals surface area contributed by atoms with E-state index in [1.807, 2.05) is 22.7 Å². The van der Waals surface area contributed by atoms with Crippen LogP contribution in [-0.2, 0) is 15.9 Å². The minimum absolute atomic E-state index is 0.218. The molecule has 3 heterocycles. The molecule has 3 fully saturated rings. The third-order valence-corrected chi connectivity index (χ3v) is 10.5. The number of allylic oxidation sites excluding steroid dienone is 6. The zero-order valence-electron chi connectivity index (χ0n) is 18.5. The van der Waals surface area contributed by atoms with Gasteiger partial charge in [0.15, 0.2) is 6.29 Å². The monoisotopic (exact) mass is 462 g/mol. The fourth-order valence-electron chi connectivity index (χ4n) is 5.95. The number of thiophene rings is 2. The van der Waals surface area contributed by atoms with Gasteiger partial charge in [0.25, 0.3) is 0 Å². The van der Waals surface area contributed by atoms with Crippen LogP contribution in [-0.4, -0.2) is 13.2 Å². The van der Waals surface area contributed by atoms with Gasteiger partial charge >= 0.3 is 0 Å². The summed E-state index contributed by atoms with van der Waals surface area (Å²) in [7, 11) is 0. The molecule has 0 spiro atoms. The van der Waals surface area contributed by atoms with Gasteiger partial charge in [0.1, 0.15) is 0 Å². The van der Waals surface area contributed by atoms with Crippen molar-refractivity contribution >= 4 is 28.2 Å². The quantitative estimate of drug-likeness (QED) is 0.434. The summed E-state index contributed by atoms with van der Waals surface area (Å²) < 4.78 is 11.9. The maximum Gasteiger partial charge on any atom is 0.185 e. The third-order valence-electron chi connectivity index (χ3n) is 8.01. The van der Waals surface area contributed by atoms with Crippen LogP contribution in [0.2, 0.25) is 0 Å². The topological polar surface area (TPSA) is 18.5 Å². The average molecular weight is 463 g/mol. The molecular formula is C28H30O2S2. The van der Waals surface area contributed by atoms with E-state index in [-0.39, 0.29) is 6.29 Å². The average Bonchev–Trinajstić information content (AvgIpc) is 3.32. The van der Waals surface area contributed by atoms with Gasteiger partial charge in [0.05, 0.1) is 18.1 Å². The fourth-order valence-corrected chi connectivity index (χ4v) is 8.43. The van der Waals surface area contributed by atoms with E-state index in [1.165, 1.54) is 82.0 Å². The van der Waals surface area contributed by atoms with Gasteiger partial charge in [-0.2, -0.15) is 0 Å². The van der Waals surface area contributed by atoms with Crippen LogP contribution in [0.25, 0.3) is 15.3 Å². The molecule has 1 unspecified atom stereocenters. The predicted octanol–water partition coefficient (Wildman–Crippen LogP) is 7.93. The summed E-state index contributed by atoms with van der Waals surface area (Å²) in [5.41, 5.74) is 5.89. The van der Waals surface area contributed by atoms with E-state index in [2.05, 4.69) is 36.4 Å². The highest BCUT2D eigenvalue weighted by Gasteiger charge is 2.38. The molecule has 0 N–H and O–H groups in total. The number of hydrogen-bond donors (Lipinski definition) is 0. The molecule has 0 amide bonds. The third kappa shape index (κ3) is 3.51. The van der Waals surface area contributed by atoms with Crippen molar-refractivity contribution in [1.29, 1.82) is 0 Å². The summed E-state index contributed by atoms with van der Waals surface area (Å²) >= 11 is 3.91. The fraction of sp³-hybridized carbons (Fsp3) is 0.500. The van der Waals surface area contributed by atoms with Crippen molar-refractivity contribution in [3.63, 3.8) is 0 Å². The first-order valence-electron chi connectivity index (χ1n) is 12.4. The van der Waals surface area contributed by atoms with E-state index in [4.69, 9.17) is 9.47 Å². The van der Waals surface area contributed by atoms with Crippen LogP contribution in [0.15, 0.2) is 47.6 Å². The molecule has 166 valence electrons. The Morgan fingerprint density at radius 1 is 0.875 bits per heavy atom. The Morgan fingerprint density at radius 3 is 2.50 bits per heavy atom. The first kappa shape index (κ1) is 20.0. The summed E-state index contributed by atoms with van der Waals surface area (Å²) in [5, 5.41) is 0. The van der Waals surface area contributed by atoms with Crippen LogP contribution in [0.4, 0.5) is 0 Å². The van der Waals surface area contributed by atoms with E-state index in [1.54, 1.807) is 11.1 Å². The second kappa shape index (κ2) is 8.09. The molecule has 0 radical (unpaired) electrons. The van der Waals surface area contributed by atoms with Gasteiger partial charge in [0, 0.05) is 26.1 Å². The summed E-state index contributed by atoms with van der Waals surface area (Å²) in [6.07, 6.45) is 18.2. The highest BCUT2D eigenvalue weighted by Crippen LogP contribution is 2.54. The largest absolute Gasteiger partial charge is 0.346 e. The molecule has 2 saturated carbocycles. The Hall–Kier alpha value is -1.46. The second-order valence-corrected chi connectivity index (χ2v) is 12.3. The molecule has 4 aliphatic carbocycles. The summed E-state index contributed by atoms with van der Waals surface area (Å²) in [6, 6.07) is 7.05. The maximum atomic E-state index is 5.96. The maximum absolute atomic E-state index is 5.96. The van der Waals surface area contributed by atoms with Crippen molar-refractivity contribution in [2.45, 2.75) is 57.7 Å². The Labute approximate surface area is 198 Å². The zero-order valence-corrected chi connectivity index (χ0v) is 20.1. The van der Waals surface area contributed by atoms with E-state index in [9.17, 15) is 0 Å². The Kier molecular flexibility index (Phi) is 5.05. The van der Waals surface area contributed by atoms with Crippen LogP contribution in [0.3, 0.4) is 0 Å². The molecule has 2 nitrogen and oxygen atoms in total. The van der Waals surface area contributed by atoms with Crippen molar-refractivity contribution in [3.8, 4) is 9.75 Å². The smallest absolute Gasteiger partial charge is 0.185 e. The summed E-state index contributed by atoms with van der Waals surface area (Å²) in [4.78, 5) is 5.63. The van der Waals surface area contributed by atoms with Crippen LogP contribution in [0.1, 0.15) is 66.6 Å². The van der Waals surface area contributed by atoms with E-state index >= 15 is 0 Å². The number of ether oxygens (including phenoxy) is 2. The van der Waals surface area contributed by atoms with Gasteiger partial charge in [-0.15, -0.1) is 22.7 Å². The van der Waals surface area contributed by atoms with E-state index in [0.717, 1.165) is 11.8 Å². The lowest BCUT2D eigenvalue weighted by atomic mass is 9.83. The molecule has 1 atom stereocenters. The lowest BCUT2D eigenvalue weighted by Crippen LogP contribution is -2.12. The molecule has 1 aliphatic heterocycles. The van der Waals surface area contributed by atoms with Crippen molar-refractivity contribution in [3.05, 3.63) is 62.9 Å². The lowest BCUT2D eigenvalue weighted by molar-refractivity contribution is -0.0434. The van der Waals surface area contributed by atoms with Gasteiger partial charge in [-0.25, -0.2) is 0 Å². The van der Waals surface area contributed by atoms with Crippen molar-refractivity contribution < 1.29 is 9.47 Å². The first-order valence-corrected chi connectivity index (χ1v) is 14.1. The second-order valence-electron chi connectivity index (χ2n) is 10.1. The molecule has 0 bridgehead atoms. The number of hydrogen-bond acceptors (Lipinski definition) is 4. The van der Waals surface area contributed by atoms with Gasteiger partial charge < -0.3 is 9.47 Å².